The quantitative estimate of drug-likeness (QED) is 0.285. The fourth-order valence-electron chi connectivity index (χ4n) is 2.25. The van der Waals surface area contributed by atoms with Crippen molar-refractivity contribution in [2.45, 2.75) is 90.4 Å². The van der Waals surface area contributed by atoms with Crippen LogP contribution in [0.4, 0.5) is 0 Å². The van der Waals surface area contributed by atoms with E-state index in [0.29, 0.717) is 6.42 Å². The Morgan fingerprint density at radius 1 is 0.762 bits per heavy atom. The van der Waals surface area contributed by atoms with Crippen LogP contribution < -0.4 is 0 Å². The van der Waals surface area contributed by atoms with Gasteiger partial charge in [0.05, 0.1) is 0 Å². The molecule has 0 atom stereocenters. The minimum atomic E-state index is -0.665. The Balaban J connectivity index is 3.14. The number of allylic oxidation sites excluding steroid dienone is 4. The van der Waals surface area contributed by atoms with Crippen molar-refractivity contribution < 1.29 is 9.90 Å². The first kappa shape index (κ1) is 19.9. The Bertz CT molecular complexity index is 279. The van der Waals surface area contributed by atoms with E-state index in [4.69, 9.17) is 5.11 Å². The predicted molar refractivity (Wildman–Crippen MR) is 91.6 cm³/mol. The lowest BCUT2D eigenvalue weighted by atomic mass is 10.1. The topological polar surface area (TPSA) is 37.3 Å². The Morgan fingerprint density at radius 3 is 1.86 bits per heavy atom. The highest BCUT2D eigenvalue weighted by Gasteiger charge is 1.96. The molecule has 0 aromatic heterocycles. The van der Waals surface area contributed by atoms with E-state index >= 15 is 0 Å². The van der Waals surface area contributed by atoms with Gasteiger partial charge in [0.2, 0.25) is 0 Å². The van der Waals surface area contributed by atoms with E-state index in [2.05, 4.69) is 31.2 Å². The van der Waals surface area contributed by atoms with Crippen molar-refractivity contribution in [2.75, 3.05) is 0 Å². The summed E-state index contributed by atoms with van der Waals surface area (Å²) in [5, 5.41) is 8.52. The van der Waals surface area contributed by atoms with E-state index in [1.54, 1.807) is 0 Å². The van der Waals surface area contributed by atoms with Crippen LogP contribution in [0, 0.1) is 0 Å². The Labute approximate surface area is 131 Å². The summed E-state index contributed by atoms with van der Waals surface area (Å²) in [5.74, 6) is -0.665. The van der Waals surface area contributed by atoms with Crippen LogP contribution in [0.5, 0.6) is 0 Å². The lowest BCUT2D eigenvalue weighted by Gasteiger charge is -2.00. The lowest BCUT2D eigenvalue weighted by molar-refractivity contribution is -0.137. The Kier molecular flexibility index (Phi) is 16.2. The summed E-state index contributed by atoms with van der Waals surface area (Å²) in [5.41, 5.74) is 0. The molecule has 0 radical (unpaired) electrons. The minimum Gasteiger partial charge on any atom is -0.481 e. The molecule has 0 heterocycles. The normalized spacial score (nSPS) is 11.7. The average Bonchev–Trinajstić information content (AvgIpc) is 2.46. The summed E-state index contributed by atoms with van der Waals surface area (Å²) in [6, 6.07) is 0. The van der Waals surface area contributed by atoms with Crippen molar-refractivity contribution in [3.63, 3.8) is 0 Å². The Morgan fingerprint density at radius 2 is 1.29 bits per heavy atom. The molecule has 2 nitrogen and oxygen atoms in total. The van der Waals surface area contributed by atoms with Gasteiger partial charge in [0.15, 0.2) is 0 Å². The van der Waals surface area contributed by atoms with Crippen LogP contribution >= 0.6 is 0 Å². The van der Waals surface area contributed by atoms with Gasteiger partial charge in [-0.2, -0.15) is 0 Å². The van der Waals surface area contributed by atoms with E-state index in [1.165, 1.54) is 57.8 Å². The SMILES string of the molecule is CCCC/C=C\C/C=C\CCCCCCCCCC(=O)O. The molecule has 0 saturated carbocycles. The second kappa shape index (κ2) is 17.0. The van der Waals surface area contributed by atoms with Crippen LogP contribution in [0.2, 0.25) is 0 Å². The number of unbranched alkanes of at least 4 members (excludes halogenated alkanes) is 9. The first-order chi connectivity index (χ1) is 10.3. The molecule has 0 aromatic rings. The summed E-state index contributed by atoms with van der Waals surface area (Å²) in [4.78, 5) is 10.3. The van der Waals surface area contributed by atoms with Crippen molar-refractivity contribution in [1.82, 2.24) is 0 Å². The molecule has 0 aliphatic carbocycles. The van der Waals surface area contributed by atoms with Crippen molar-refractivity contribution in [3.05, 3.63) is 24.3 Å². The molecule has 0 amide bonds. The summed E-state index contributed by atoms with van der Waals surface area (Å²) in [7, 11) is 0. The molecule has 0 aliphatic heterocycles. The summed E-state index contributed by atoms with van der Waals surface area (Å²) >= 11 is 0. The third-order valence-electron chi connectivity index (χ3n) is 3.59. The monoisotopic (exact) mass is 294 g/mol. The van der Waals surface area contributed by atoms with Gasteiger partial charge in [-0.25, -0.2) is 0 Å². The first-order valence-corrected chi connectivity index (χ1v) is 8.79. The molecule has 0 spiro atoms. The Hall–Kier alpha value is -1.05. The summed E-state index contributed by atoms with van der Waals surface area (Å²) in [6.45, 7) is 2.23. The fourth-order valence-corrected chi connectivity index (χ4v) is 2.25. The second-order valence-corrected chi connectivity index (χ2v) is 5.73. The van der Waals surface area contributed by atoms with E-state index < -0.39 is 5.97 Å². The van der Waals surface area contributed by atoms with E-state index in [9.17, 15) is 4.79 Å². The second-order valence-electron chi connectivity index (χ2n) is 5.73. The van der Waals surface area contributed by atoms with Crippen molar-refractivity contribution in [3.8, 4) is 0 Å². The molecular formula is C19H34O2. The van der Waals surface area contributed by atoms with Crippen LogP contribution in [0.1, 0.15) is 90.4 Å². The molecule has 1 N–H and O–H groups in total. The number of rotatable bonds is 15. The van der Waals surface area contributed by atoms with Crippen LogP contribution in [0.3, 0.4) is 0 Å². The zero-order valence-electron chi connectivity index (χ0n) is 13.9. The smallest absolute Gasteiger partial charge is 0.303 e. The molecule has 0 aromatic carbocycles. The zero-order chi connectivity index (χ0) is 15.6. The molecule has 0 aliphatic rings. The third kappa shape index (κ3) is 18.9. The molecule has 0 saturated heterocycles. The molecule has 21 heavy (non-hydrogen) atoms. The van der Waals surface area contributed by atoms with Crippen molar-refractivity contribution in [2.24, 2.45) is 0 Å². The highest BCUT2D eigenvalue weighted by molar-refractivity contribution is 5.66. The van der Waals surface area contributed by atoms with E-state index in [1.807, 2.05) is 0 Å². The molecule has 0 rings (SSSR count). The molecule has 0 unspecified atom stereocenters. The fraction of sp³-hybridized carbons (Fsp3) is 0.737. The largest absolute Gasteiger partial charge is 0.481 e. The maximum atomic E-state index is 10.3. The van der Waals surface area contributed by atoms with Crippen LogP contribution in [-0.2, 0) is 4.79 Å². The number of aliphatic carboxylic acids is 1. The molecule has 0 fully saturated rings. The summed E-state index contributed by atoms with van der Waals surface area (Å²) < 4.78 is 0. The minimum absolute atomic E-state index is 0.331. The molecule has 0 bridgehead atoms. The van der Waals surface area contributed by atoms with Gasteiger partial charge < -0.3 is 5.11 Å². The summed E-state index contributed by atoms with van der Waals surface area (Å²) in [6.07, 6.45) is 23.8. The van der Waals surface area contributed by atoms with E-state index in [-0.39, 0.29) is 0 Å². The van der Waals surface area contributed by atoms with Gasteiger partial charge in [-0.1, -0.05) is 76.2 Å². The van der Waals surface area contributed by atoms with Gasteiger partial charge in [-0.05, 0) is 32.1 Å². The molecule has 122 valence electrons. The maximum Gasteiger partial charge on any atom is 0.303 e. The average molecular weight is 294 g/mol. The van der Waals surface area contributed by atoms with Crippen molar-refractivity contribution >= 4 is 5.97 Å². The molecule has 2 heteroatoms. The number of carboxylic acid groups (broad SMARTS) is 1. The standard InChI is InChI=1S/C19H34O2/c1-2-3-4-5-6-7-8-9-10-11-12-13-14-15-16-17-18-19(20)21/h5-6,8-9H,2-4,7,10-18H2,1H3,(H,20,21)/b6-5-,9-8-. The number of hydrogen-bond donors (Lipinski definition) is 1. The van der Waals surface area contributed by atoms with Crippen LogP contribution in [0.15, 0.2) is 24.3 Å². The number of carboxylic acids is 1. The number of hydrogen-bond acceptors (Lipinski definition) is 1. The van der Waals surface area contributed by atoms with E-state index in [0.717, 1.165) is 19.3 Å². The van der Waals surface area contributed by atoms with Crippen LogP contribution in [0.25, 0.3) is 0 Å². The third-order valence-corrected chi connectivity index (χ3v) is 3.59. The zero-order valence-corrected chi connectivity index (χ0v) is 13.9. The highest BCUT2D eigenvalue weighted by atomic mass is 16.4. The highest BCUT2D eigenvalue weighted by Crippen LogP contribution is 2.10. The number of carbonyl (C=O) groups is 1. The first-order valence-electron chi connectivity index (χ1n) is 8.79. The van der Waals surface area contributed by atoms with Gasteiger partial charge in [0.1, 0.15) is 0 Å². The maximum absolute atomic E-state index is 10.3. The van der Waals surface area contributed by atoms with Crippen molar-refractivity contribution in [1.29, 1.82) is 0 Å². The van der Waals surface area contributed by atoms with Crippen LogP contribution in [-0.4, -0.2) is 11.1 Å². The lowest BCUT2D eigenvalue weighted by Crippen LogP contribution is -1.93. The predicted octanol–water partition coefficient (Wildman–Crippen LogP) is 6.27. The van der Waals surface area contributed by atoms with Gasteiger partial charge in [0, 0.05) is 6.42 Å². The van der Waals surface area contributed by atoms with Gasteiger partial charge in [-0.3, -0.25) is 4.79 Å². The van der Waals surface area contributed by atoms with Gasteiger partial charge >= 0.3 is 5.97 Å². The molecular weight excluding hydrogens is 260 g/mol. The van der Waals surface area contributed by atoms with Gasteiger partial charge in [-0.15, -0.1) is 0 Å². The van der Waals surface area contributed by atoms with Gasteiger partial charge in [0.25, 0.3) is 0 Å².